The van der Waals surface area contributed by atoms with Crippen molar-refractivity contribution in [2.24, 2.45) is 0 Å². The number of hydrogen-bond acceptors (Lipinski definition) is 4. The minimum Gasteiger partial charge on any atom is -0.457 e. The maximum atomic E-state index is 13.1. The number of ether oxygens (including phenoxy) is 1. The first-order valence-electron chi connectivity index (χ1n) is 10.9. The smallest absolute Gasteiger partial charge is 0.339 e. The highest BCUT2D eigenvalue weighted by molar-refractivity contribution is 6.04. The summed E-state index contributed by atoms with van der Waals surface area (Å²) >= 11 is 0. The number of rotatable bonds is 5. The van der Waals surface area contributed by atoms with Crippen LogP contribution in [-0.2, 0) is 11.3 Å². The van der Waals surface area contributed by atoms with Crippen molar-refractivity contribution in [2.75, 3.05) is 0 Å². The minimum atomic E-state index is -0.450. The average Bonchev–Trinajstić information content (AvgIpc) is 2.92. The standard InChI is InChI=1S/C30H20N2O2/c31-19-24-10-4-5-11-25(24)20-34-30(33)27-18-29(32-28-13-7-6-12-26(27)28)23-16-14-22(15-17-23)21-8-2-1-3-9-21/h1-18H,20H2. The van der Waals surface area contributed by atoms with Crippen LogP contribution in [0.2, 0.25) is 0 Å². The summed E-state index contributed by atoms with van der Waals surface area (Å²) in [5.74, 6) is -0.450. The van der Waals surface area contributed by atoms with Gasteiger partial charge in [0.15, 0.2) is 0 Å². The van der Waals surface area contributed by atoms with Crippen LogP contribution in [0.4, 0.5) is 0 Å². The SMILES string of the molecule is N#Cc1ccccc1COC(=O)c1cc(-c2ccc(-c3ccccc3)cc2)nc2ccccc12. The van der Waals surface area contributed by atoms with Crippen LogP contribution < -0.4 is 0 Å². The largest absolute Gasteiger partial charge is 0.457 e. The zero-order valence-electron chi connectivity index (χ0n) is 18.3. The highest BCUT2D eigenvalue weighted by atomic mass is 16.5. The Labute approximate surface area is 197 Å². The fraction of sp³-hybridized carbons (Fsp3) is 0.0333. The molecule has 0 aliphatic heterocycles. The number of nitriles is 1. The number of aromatic nitrogens is 1. The molecule has 0 aliphatic rings. The van der Waals surface area contributed by atoms with E-state index in [1.165, 1.54) is 0 Å². The van der Waals surface area contributed by atoms with Gasteiger partial charge < -0.3 is 4.74 Å². The molecule has 0 N–H and O–H groups in total. The van der Waals surface area contributed by atoms with Crippen LogP contribution in [0.5, 0.6) is 0 Å². The number of carbonyl (C=O) groups is 1. The topological polar surface area (TPSA) is 63.0 Å². The minimum absolute atomic E-state index is 0.0281. The number of pyridine rings is 1. The molecule has 0 fully saturated rings. The predicted octanol–water partition coefficient (Wildman–Crippen LogP) is 6.80. The van der Waals surface area contributed by atoms with Crippen LogP contribution in [0, 0.1) is 11.3 Å². The van der Waals surface area contributed by atoms with Gasteiger partial charge in [0.25, 0.3) is 0 Å². The summed E-state index contributed by atoms with van der Waals surface area (Å²) in [5.41, 5.74) is 6.20. The molecule has 4 aromatic carbocycles. The van der Waals surface area contributed by atoms with Gasteiger partial charge in [-0.05, 0) is 29.3 Å². The van der Waals surface area contributed by atoms with Gasteiger partial charge in [-0.1, -0.05) is 91.0 Å². The Hall–Kier alpha value is -4.75. The fourth-order valence-electron chi connectivity index (χ4n) is 3.93. The Morgan fingerprint density at radius 1 is 0.765 bits per heavy atom. The van der Waals surface area contributed by atoms with Crippen molar-refractivity contribution in [1.82, 2.24) is 4.98 Å². The summed E-state index contributed by atoms with van der Waals surface area (Å²) in [6, 6.07) is 36.8. The molecular weight excluding hydrogens is 420 g/mol. The number of carbonyl (C=O) groups excluding carboxylic acids is 1. The number of benzene rings is 4. The molecule has 5 aromatic rings. The van der Waals surface area contributed by atoms with E-state index in [-0.39, 0.29) is 6.61 Å². The van der Waals surface area contributed by atoms with E-state index in [4.69, 9.17) is 9.72 Å². The highest BCUT2D eigenvalue weighted by Gasteiger charge is 2.16. The molecule has 4 heteroatoms. The number of nitrogens with zero attached hydrogens (tertiary/aromatic N) is 2. The lowest BCUT2D eigenvalue weighted by atomic mass is 10.0. The van der Waals surface area contributed by atoms with E-state index in [1.807, 2.05) is 60.7 Å². The van der Waals surface area contributed by atoms with Crippen molar-refractivity contribution in [2.45, 2.75) is 6.61 Å². The van der Waals surface area contributed by atoms with Crippen LogP contribution in [-0.4, -0.2) is 11.0 Å². The molecule has 0 amide bonds. The quantitative estimate of drug-likeness (QED) is 0.282. The molecule has 0 unspecified atom stereocenters. The monoisotopic (exact) mass is 440 g/mol. The number of hydrogen-bond donors (Lipinski definition) is 0. The molecule has 0 spiro atoms. The van der Waals surface area contributed by atoms with E-state index in [9.17, 15) is 10.1 Å². The van der Waals surface area contributed by atoms with Gasteiger partial charge in [0.1, 0.15) is 6.61 Å². The average molecular weight is 441 g/mol. The van der Waals surface area contributed by atoms with Crippen molar-refractivity contribution in [1.29, 1.82) is 5.26 Å². The van der Waals surface area contributed by atoms with Crippen LogP contribution in [0.1, 0.15) is 21.5 Å². The zero-order chi connectivity index (χ0) is 23.3. The van der Waals surface area contributed by atoms with Crippen molar-refractivity contribution in [3.63, 3.8) is 0 Å². The molecule has 162 valence electrons. The summed E-state index contributed by atoms with van der Waals surface area (Å²) in [5, 5.41) is 10.0. The van der Waals surface area contributed by atoms with Gasteiger partial charge in [-0.3, -0.25) is 0 Å². The second-order valence-corrected chi connectivity index (χ2v) is 7.86. The zero-order valence-corrected chi connectivity index (χ0v) is 18.3. The molecular formula is C30H20N2O2. The van der Waals surface area contributed by atoms with E-state index in [1.54, 1.807) is 24.3 Å². The highest BCUT2D eigenvalue weighted by Crippen LogP contribution is 2.28. The Balaban J connectivity index is 1.48. The van der Waals surface area contributed by atoms with Gasteiger partial charge in [0.2, 0.25) is 0 Å². The second-order valence-electron chi connectivity index (χ2n) is 7.86. The van der Waals surface area contributed by atoms with Crippen LogP contribution in [0.15, 0.2) is 109 Å². The van der Waals surface area contributed by atoms with E-state index in [0.29, 0.717) is 22.4 Å². The maximum absolute atomic E-state index is 13.1. The van der Waals surface area contributed by atoms with Gasteiger partial charge in [-0.2, -0.15) is 5.26 Å². The molecule has 5 rings (SSSR count). The lowest BCUT2D eigenvalue weighted by Gasteiger charge is -2.11. The number of fused-ring (bicyclic) bond motifs is 1. The lowest BCUT2D eigenvalue weighted by molar-refractivity contribution is 0.0475. The second kappa shape index (κ2) is 9.40. The van der Waals surface area contributed by atoms with E-state index < -0.39 is 5.97 Å². The summed E-state index contributed by atoms with van der Waals surface area (Å²) in [6.45, 7) is 0.0281. The Bertz CT molecular complexity index is 1520. The Morgan fingerprint density at radius 3 is 2.21 bits per heavy atom. The van der Waals surface area contributed by atoms with E-state index in [2.05, 4.69) is 30.3 Å². The van der Waals surface area contributed by atoms with Crippen LogP contribution in [0.3, 0.4) is 0 Å². The molecule has 0 aliphatic carbocycles. The van der Waals surface area contributed by atoms with Gasteiger partial charge in [0.05, 0.1) is 28.4 Å². The summed E-state index contributed by atoms with van der Waals surface area (Å²) < 4.78 is 5.61. The first-order chi connectivity index (χ1) is 16.7. The summed E-state index contributed by atoms with van der Waals surface area (Å²) in [6.07, 6.45) is 0. The third-order valence-electron chi connectivity index (χ3n) is 5.72. The first-order valence-corrected chi connectivity index (χ1v) is 10.9. The van der Waals surface area contributed by atoms with Crippen LogP contribution >= 0.6 is 0 Å². The molecule has 1 aromatic heterocycles. The first kappa shape index (κ1) is 21.1. The molecule has 0 saturated carbocycles. The molecule has 4 nitrogen and oxygen atoms in total. The van der Waals surface area contributed by atoms with E-state index >= 15 is 0 Å². The number of esters is 1. The normalized spacial score (nSPS) is 10.6. The molecule has 34 heavy (non-hydrogen) atoms. The molecule has 0 radical (unpaired) electrons. The Morgan fingerprint density at radius 2 is 1.41 bits per heavy atom. The molecule has 0 saturated heterocycles. The van der Waals surface area contributed by atoms with E-state index in [0.717, 1.165) is 27.6 Å². The summed E-state index contributed by atoms with van der Waals surface area (Å²) in [4.78, 5) is 17.9. The third-order valence-corrected chi connectivity index (χ3v) is 5.72. The van der Waals surface area contributed by atoms with Crippen LogP contribution in [0.25, 0.3) is 33.3 Å². The van der Waals surface area contributed by atoms with Gasteiger partial charge in [-0.25, -0.2) is 9.78 Å². The molecule has 0 atom stereocenters. The molecule has 1 heterocycles. The molecule has 0 bridgehead atoms. The Kier molecular flexibility index (Phi) is 5.84. The van der Waals surface area contributed by atoms with Gasteiger partial charge in [-0.15, -0.1) is 0 Å². The lowest BCUT2D eigenvalue weighted by Crippen LogP contribution is -2.08. The summed E-state index contributed by atoms with van der Waals surface area (Å²) in [7, 11) is 0. The van der Waals surface area contributed by atoms with Crippen molar-refractivity contribution >= 4 is 16.9 Å². The third kappa shape index (κ3) is 4.28. The maximum Gasteiger partial charge on any atom is 0.339 e. The van der Waals surface area contributed by atoms with Crippen molar-refractivity contribution < 1.29 is 9.53 Å². The van der Waals surface area contributed by atoms with Gasteiger partial charge in [0, 0.05) is 16.5 Å². The number of para-hydroxylation sites is 1. The van der Waals surface area contributed by atoms with Crippen molar-refractivity contribution in [3.8, 4) is 28.5 Å². The van der Waals surface area contributed by atoms with Gasteiger partial charge >= 0.3 is 5.97 Å². The predicted molar refractivity (Wildman–Crippen MR) is 133 cm³/mol. The van der Waals surface area contributed by atoms with Crippen molar-refractivity contribution in [3.05, 3.63) is 126 Å². The fourth-order valence-corrected chi connectivity index (χ4v) is 3.93.